The fraction of sp³-hybridized carbons (Fsp3) is 0.235. The first-order chi connectivity index (χ1) is 11.7. The van der Waals surface area contributed by atoms with E-state index in [9.17, 15) is 18.0 Å². The fourth-order valence-corrected chi connectivity index (χ4v) is 2.33. The third kappa shape index (κ3) is 4.79. The summed E-state index contributed by atoms with van der Waals surface area (Å²) in [6, 6.07) is 8.08. The van der Waals surface area contributed by atoms with Gasteiger partial charge in [-0.05, 0) is 30.7 Å². The van der Waals surface area contributed by atoms with Crippen molar-refractivity contribution in [2.24, 2.45) is 0 Å². The van der Waals surface area contributed by atoms with Crippen LogP contribution in [0.15, 0.2) is 36.4 Å². The number of alkyl halides is 3. The summed E-state index contributed by atoms with van der Waals surface area (Å²) in [5.74, 6) is -0.189. The van der Waals surface area contributed by atoms with Crippen molar-refractivity contribution in [1.82, 2.24) is 0 Å². The molecule has 8 heteroatoms. The lowest BCUT2D eigenvalue weighted by Crippen LogP contribution is -2.23. The highest BCUT2D eigenvalue weighted by molar-refractivity contribution is 6.31. The van der Waals surface area contributed by atoms with E-state index in [1.807, 2.05) is 0 Å². The summed E-state index contributed by atoms with van der Waals surface area (Å²) in [6.07, 6.45) is -4.55. The lowest BCUT2D eigenvalue weighted by Gasteiger charge is -2.15. The Hall–Kier alpha value is -2.41. The zero-order chi connectivity index (χ0) is 18.6. The van der Waals surface area contributed by atoms with E-state index < -0.39 is 17.6 Å². The monoisotopic (exact) mass is 372 g/mol. The van der Waals surface area contributed by atoms with Gasteiger partial charge in [0.25, 0.3) is 0 Å². The number of aryl methyl sites for hydroxylation is 1. The number of carbonyl (C=O) groups excluding carboxylic acids is 1. The van der Waals surface area contributed by atoms with Gasteiger partial charge in [0.05, 0.1) is 30.6 Å². The van der Waals surface area contributed by atoms with E-state index in [1.54, 1.807) is 19.1 Å². The number of para-hydroxylation sites is 1. The maximum Gasteiger partial charge on any atom is 0.418 e. The predicted molar refractivity (Wildman–Crippen MR) is 91.3 cm³/mol. The van der Waals surface area contributed by atoms with Gasteiger partial charge in [0.15, 0.2) is 0 Å². The molecule has 0 saturated heterocycles. The molecule has 0 heterocycles. The van der Waals surface area contributed by atoms with Gasteiger partial charge in [0.1, 0.15) is 5.75 Å². The van der Waals surface area contributed by atoms with Gasteiger partial charge < -0.3 is 15.4 Å². The molecule has 134 valence electrons. The minimum atomic E-state index is -4.55. The van der Waals surface area contributed by atoms with Crippen molar-refractivity contribution in [1.29, 1.82) is 0 Å². The first kappa shape index (κ1) is 18.9. The molecule has 0 spiro atoms. The molecule has 1 amide bonds. The van der Waals surface area contributed by atoms with Crippen molar-refractivity contribution in [3.05, 3.63) is 52.5 Å². The Morgan fingerprint density at radius 1 is 1.20 bits per heavy atom. The minimum Gasteiger partial charge on any atom is -0.495 e. The molecule has 25 heavy (non-hydrogen) atoms. The van der Waals surface area contributed by atoms with Gasteiger partial charge in [0, 0.05) is 11.1 Å². The Kier molecular flexibility index (Phi) is 5.79. The second kappa shape index (κ2) is 7.65. The molecule has 0 unspecified atom stereocenters. The van der Waals surface area contributed by atoms with Crippen molar-refractivity contribution in [3.8, 4) is 5.75 Å². The molecule has 4 nitrogen and oxygen atoms in total. The van der Waals surface area contributed by atoms with E-state index in [1.165, 1.54) is 25.3 Å². The largest absolute Gasteiger partial charge is 0.495 e. The first-order valence-corrected chi connectivity index (χ1v) is 7.64. The molecule has 0 saturated carbocycles. The van der Waals surface area contributed by atoms with Crippen LogP contribution in [0.5, 0.6) is 5.75 Å². The second-order valence-corrected chi connectivity index (χ2v) is 5.65. The number of methoxy groups -OCH3 is 1. The quantitative estimate of drug-likeness (QED) is 0.798. The van der Waals surface area contributed by atoms with E-state index in [0.29, 0.717) is 16.5 Å². The highest BCUT2D eigenvalue weighted by atomic mass is 35.5. The van der Waals surface area contributed by atoms with Gasteiger partial charge >= 0.3 is 6.18 Å². The average Bonchev–Trinajstić information content (AvgIpc) is 2.55. The van der Waals surface area contributed by atoms with E-state index in [2.05, 4.69) is 10.6 Å². The fourth-order valence-electron chi connectivity index (χ4n) is 2.18. The van der Waals surface area contributed by atoms with Crippen LogP contribution < -0.4 is 15.4 Å². The van der Waals surface area contributed by atoms with Crippen LogP contribution in [0.4, 0.5) is 24.5 Å². The van der Waals surface area contributed by atoms with Crippen LogP contribution in [0, 0.1) is 6.92 Å². The van der Waals surface area contributed by atoms with E-state index in [0.717, 1.165) is 11.6 Å². The maximum atomic E-state index is 12.9. The van der Waals surface area contributed by atoms with E-state index in [-0.39, 0.29) is 12.2 Å². The number of nitrogens with one attached hydrogen (secondary N) is 2. The summed E-state index contributed by atoms with van der Waals surface area (Å²) in [4.78, 5) is 12.0. The SMILES string of the molecule is COc1cc(Cl)c(C)cc1NCC(=O)Nc1ccccc1C(F)(F)F. The Bertz CT molecular complexity index is 779. The van der Waals surface area contributed by atoms with Crippen LogP contribution in [-0.2, 0) is 11.0 Å². The predicted octanol–water partition coefficient (Wildman–Crippen LogP) is 4.73. The van der Waals surface area contributed by atoms with Crippen LogP contribution >= 0.6 is 11.6 Å². The van der Waals surface area contributed by atoms with Crippen molar-refractivity contribution in [2.75, 3.05) is 24.3 Å². The standard InChI is InChI=1S/C17H16ClF3N2O2/c1-10-7-14(15(25-2)8-12(10)18)22-9-16(24)23-13-6-4-3-5-11(13)17(19,20)21/h3-8,22H,9H2,1-2H3,(H,23,24). The number of amides is 1. The third-order valence-corrected chi connectivity index (χ3v) is 3.83. The van der Waals surface area contributed by atoms with Gasteiger partial charge in [-0.25, -0.2) is 0 Å². The molecule has 0 atom stereocenters. The molecular weight excluding hydrogens is 357 g/mol. The molecule has 0 radical (unpaired) electrons. The van der Waals surface area contributed by atoms with Crippen LogP contribution in [0.25, 0.3) is 0 Å². The lowest BCUT2D eigenvalue weighted by atomic mass is 10.1. The topological polar surface area (TPSA) is 50.4 Å². The van der Waals surface area contributed by atoms with Gasteiger partial charge in [-0.1, -0.05) is 23.7 Å². The molecule has 0 fully saturated rings. The van der Waals surface area contributed by atoms with Gasteiger partial charge in [-0.2, -0.15) is 13.2 Å². The number of rotatable bonds is 5. The van der Waals surface area contributed by atoms with Crippen LogP contribution in [0.1, 0.15) is 11.1 Å². The Labute approximate surface area is 147 Å². The Balaban J connectivity index is 2.09. The number of halogens is 4. The highest BCUT2D eigenvalue weighted by Crippen LogP contribution is 2.34. The molecule has 0 aliphatic carbocycles. The maximum absolute atomic E-state index is 12.9. The third-order valence-electron chi connectivity index (χ3n) is 3.43. The summed E-state index contributed by atoms with van der Waals surface area (Å²) in [5.41, 5.74) is 0.0979. The van der Waals surface area contributed by atoms with Gasteiger partial charge in [-0.3, -0.25) is 4.79 Å². The van der Waals surface area contributed by atoms with E-state index >= 15 is 0 Å². The van der Waals surface area contributed by atoms with Crippen molar-refractivity contribution in [3.63, 3.8) is 0 Å². The number of ether oxygens (including phenoxy) is 1. The lowest BCUT2D eigenvalue weighted by molar-refractivity contribution is -0.137. The number of benzene rings is 2. The molecule has 0 aromatic heterocycles. The van der Waals surface area contributed by atoms with Gasteiger partial charge in [0.2, 0.25) is 5.91 Å². The smallest absolute Gasteiger partial charge is 0.418 e. The average molecular weight is 373 g/mol. The molecule has 0 aliphatic heterocycles. The molecule has 2 N–H and O–H groups in total. The Morgan fingerprint density at radius 3 is 2.52 bits per heavy atom. The number of hydrogen-bond donors (Lipinski definition) is 2. The van der Waals surface area contributed by atoms with Crippen molar-refractivity contribution in [2.45, 2.75) is 13.1 Å². The zero-order valence-electron chi connectivity index (χ0n) is 13.5. The molecule has 0 aliphatic rings. The summed E-state index contributed by atoms with van der Waals surface area (Å²) < 4.78 is 44.0. The first-order valence-electron chi connectivity index (χ1n) is 7.26. The minimum absolute atomic E-state index is 0.233. The molecule has 0 bridgehead atoms. The zero-order valence-corrected chi connectivity index (χ0v) is 14.3. The Morgan fingerprint density at radius 2 is 1.88 bits per heavy atom. The van der Waals surface area contributed by atoms with E-state index in [4.69, 9.17) is 16.3 Å². The van der Waals surface area contributed by atoms with Crippen molar-refractivity contribution >= 4 is 28.9 Å². The second-order valence-electron chi connectivity index (χ2n) is 5.25. The number of carbonyl (C=O) groups is 1. The van der Waals surface area contributed by atoms with Crippen LogP contribution in [0.2, 0.25) is 5.02 Å². The normalized spacial score (nSPS) is 11.1. The molecule has 2 rings (SSSR count). The summed E-state index contributed by atoms with van der Waals surface area (Å²) in [6.45, 7) is 1.55. The van der Waals surface area contributed by atoms with Crippen molar-refractivity contribution < 1.29 is 22.7 Å². The summed E-state index contributed by atoms with van der Waals surface area (Å²) in [7, 11) is 1.45. The van der Waals surface area contributed by atoms with Crippen LogP contribution in [-0.4, -0.2) is 19.6 Å². The number of hydrogen-bond acceptors (Lipinski definition) is 3. The molecule has 2 aromatic carbocycles. The molecular formula is C17H16ClF3N2O2. The van der Waals surface area contributed by atoms with Crippen LogP contribution in [0.3, 0.4) is 0 Å². The summed E-state index contributed by atoms with van der Waals surface area (Å²) in [5, 5.41) is 5.60. The summed E-state index contributed by atoms with van der Waals surface area (Å²) >= 11 is 6.00. The van der Waals surface area contributed by atoms with Gasteiger partial charge in [-0.15, -0.1) is 0 Å². The highest BCUT2D eigenvalue weighted by Gasteiger charge is 2.33. The number of anilines is 2. The molecule has 2 aromatic rings.